The van der Waals surface area contributed by atoms with Crippen LogP contribution in [0.2, 0.25) is 0 Å². The highest BCUT2D eigenvalue weighted by atomic mass is 32.2. The Labute approximate surface area is 105 Å². The predicted molar refractivity (Wildman–Crippen MR) is 72.3 cm³/mol. The van der Waals surface area contributed by atoms with Crippen molar-refractivity contribution in [2.24, 2.45) is 5.92 Å². The number of aromatic nitrogens is 1. The molecule has 0 radical (unpaired) electrons. The molecule has 2 aromatic rings. The maximum absolute atomic E-state index is 9.89. The molecule has 2 unspecified atom stereocenters. The molecule has 2 heterocycles. The molecule has 1 aromatic heterocycles. The Bertz CT molecular complexity index is 523. The summed E-state index contributed by atoms with van der Waals surface area (Å²) >= 11 is 1.85. The van der Waals surface area contributed by atoms with E-state index < -0.39 is 0 Å². The van der Waals surface area contributed by atoms with Gasteiger partial charge in [-0.3, -0.25) is 4.98 Å². The number of rotatable bonds is 2. The van der Waals surface area contributed by atoms with Crippen molar-refractivity contribution in [2.75, 3.05) is 11.5 Å². The van der Waals surface area contributed by atoms with Crippen LogP contribution in [0, 0.1) is 5.92 Å². The number of hydrogen-bond acceptors (Lipinski definition) is 3. The summed E-state index contributed by atoms with van der Waals surface area (Å²) in [7, 11) is 0. The molecule has 3 heteroatoms. The minimum Gasteiger partial charge on any atom is -0.392 e. The lowest BCUT2D eigenvalue weighted by atomic mass is 9.95. The first-order chi connectivity index (χ1) is 8.34. The van der Waals surface area contributed by atoms with Crippen LogP contribution in [0.4, 0.5) is 0 Å². The molecule has 0 amide bonds. The summed E-state index contributed by atoms with van der Waals surface area (Å²) in [6.45, 7) is 0. The second-order valence-electron chi connectivity index (χ2n) is 4.56. The van der Waals surface area contributed by atoms with Crippen LogP contribution < -0.4 is 0 Å². The van der Waals surface area contributed by atoms with Gasteiger partial charge in [0.05, 0.1) is 11.6 Å². The number of aliphatic hydroxyl groups excluding tert-OH is 1. The molecule has 1 aliphatic heterocycles. The van der Waals surface area contributed by atoms with Crippen molar-refractivity contribution in [3.8, 4) is 0 Å². The lowest BCUT2D eigenvalue weighted by Crippen LogP contribution is -2.20. The Balaban J connectivity index is 1.94. The first-order valence-corrected chi connectivity index (χ1v) is 7.08. The number of aliphatic hydroxyl groups is 1. The van der Waals surface area contributed by atoms with Gasteiger partial charge in [-0.1, -0.05) is 18.2 Å². The molecule has 1 aliphatic rings. The van der Waals surface area contributed by atoms with Gasteiger partial charge in [0.2, 0.25) is 0 Å². The molecule has 3 rings (SSSR count). The quantitative estimate of drug-likeness (QED) is 0.882. The summed E-state index contributed by atoms with van der Waals surface area (Å²) in [6.07, 6.45) is 2.68. The topological polar surface area (TPSA) is 33.1 Å². The second-order valence-corrected chi connectivity index (χ2v) is 5.63. The number of benzene rings is 1. The molecule has 2 atom stereocenters. The smallest absolute Gasteiger partial charge is 0.0704 e. The van der Waals surface area contributed by atoms with E-state index >= 15 is 0 Å². The van der Waals surface area contributed by atoms with E-state index in [1.54, 1.807) is 0 Å². The van der Waals surface area contributed by atoms with Crippen molar-refractivity contribution in [2.45, 2.75) is 12.5 Å². The van der Waals surface area contributed by atoms with Crippen molar-refractivity contribution < 1.29 is 5.11 Å². The highest BCUT2D eigenvalue weighted by molar-refractivity contribution is 7.99. The Morgan fingerprint density at radius 3 is 2.94 bits per heavy atom. The third-order valence-corrected chi connectivity index (χ3v) is 4.63. The summed E-state index contributed by atoms with van der Waals surface area (Å²) in [5.74, 6) is 2.34. The van der Waals surface area contributed by atoms with Gasteiger partial charge in [-0.25, -0.2) is 0 Å². The van der Waals surface area contributed by atoms with Gasteiger partial charge in [0.25, 0.3) is 0 Å². The molecule has 0 saturated carbocycles. The molecule has 2 nitrogen and oxygen atoms in total. The van der Waals surface area contributed by atoms with E-state index in [4.69, 9.17) is 0 Å². The van der Waals surface area contributed by atoms with E-state index in [2.05, 4.69) is 17.1 Å². The molecular formula is C14H15NOS. The number of para-hydroxylation sites is 1. The van der Waals surface area contributed by atoms with Crippen LogP contribution in [-0.4, -0.2) is 27.7 Å². The Hall–Kier alpha value is -1.06. The lowest BCUT2D eigenvalue weighted by molar-refractivity contribution is 0.150. The molecule has 1 aromatic carbocycles. The minimum atomic E-state index is -0.146. The summed E-state index contributed by atoms with van der Waals surface area (Å²) in [5.41, 5.74) is 2.35. The molecule has 0 spiro atoms. The number of nitrogens with zero attached hydrogens (tertiary/aromatic N) is 1. The fourth-order valence-corrected chi connectivity index (χ4v) is 3.69. The standard InChI is InChI=1S/C14H15NOS/c16-14-9-17-8-11(14)7-10-5-6-15-13-4-2-1-3-12(10)13/h1-6,11,14,16H,7-9H2. The van der Waals surface area contributed by atoms with E-state index in [0.717, 1.165) is 23.4 Å². The highest BCUT2D eigenvalue weighted by Crippen LogP contribution is 2.29. The van der Waals surface area contributed by atoms with E-state index in [1.165, 1.54) is 10.9 Å². The van der Waals surface area contributed by atoms with Gasteiger partial charge < -0.3 is 5.11 Å². The van der Waals surface area contributed by atoms with Gasteiger partial charge in [-0.05, 0) is 35.8 Å². The third kappa shape index (κ3) is 2.17. The molecular weight excluding hydrogens is 230 g/mol. The van der Waals surface area contributed by atoms with Gasteiger partial charge in [0.15, 0.2) is 0 Å². The summed E-state index contributed by atoms with van der Waals surface area (Å²) in [6, 6.07) is 10.3. The van der Waals surface area contributed by atoms with Crippen LogP contribution in [0.3, 0.4) is 0 Å². The molecule has 0 bridgehead atoms. The molecule has 1 N–H and O–H groups in total. The normalized spacial score (nSPS) is 24.3. The average molecular weight is 245 g/mol. The van der Waals surface area contributed by atoms with Crippen LogP contribution in [0.1, 0.15) is 5.56 Å². The largest absolute Gasteiger partial charge is 0.392 e. The van der Waals surface area contributed by atoms with E-state index in [0.29, 0.717) is 5.92 Å². The summed E-state index contributed by atoms with van der Waals surface area (Å²) in [4.78, 5) is 4.37. The van der Waals surface area contributed by atoms with E-state index in [9.17, 15) is 5.11 Å². The van der Waals surface area contributed by atoms with Crippen LogP contribution >= 0.6 is 11.8 Å². The predicted octanol–water partition coefficient (Wildman–Crippen LogP) is 2.50. The zero-order valence-electron chi connectivity index (χ0n) is 9.54. The molecule has 1 fully saturated rings. The van der Waals surface area contributed by atoms with Gasteiger partial charge in [0, 0.05) is 17.3 Å². The van der Waals surface area contributed by atoms with Crippen molar-refractivity contribution in [1.82, 2.24) is 4.98 Å². The van der Waals surface area contributed by atoms with Gasteiger partial charge >= 0.3 is 0 Å². The maximum Gasteiger partial charge on any atom is 0.0704 e. The van der Waals surface area contributed by atoms with Crippen LogP contribution in [0.25, 0.3) is 10.9 Å². The van der Waals surface area contributed by atoms with Gasteiger partial charge in [0.1, 0.15) is 0 Å². The Morgan fingerprint density at radius 1 is 1.24 bits per heavy atom. The van der Waals surface area contributed by atoms with Gasteiger partial charge in [-0.15, -0.1) is 0 Å². The number of pyridine rings is 1. The first kappa shape index (κ1) is 11.1. The van der Waals surface area contributed by atoms with E-state index in [-0.39, 0.29) is 6.10 Å². The van der Waals surface area contributed by atoms with E-state index in [1.807, 2.05) is 36.2 Å². The zero-order valence-corrected chi connectivity index (χ0v) is 10.4. The third-order valence-electron chi connectivity index (χ3n) is 3.39. The van der Waals surface area contributed by atoms with Crippen LogP contribution in [0.5, 0.6) is 0 Å². The van der Waals surface area contributed by atoms with Crippen molar-refractivity contribution in [3.05, 3.63) is 42.1 Å². The summed E-state index contributed by atoms with van der Waals surface area (Å²) < 4.78 is 0. The second kappa shape index (κ2) is 4.67. The van der Waals surface area contributed by atoms with Crippen molar-refractivity contribution >= 4 is 22.7 Å². The number of thioether (sulfide) groups is 1. The van der Waals surface area contributed by atoms with Crippen molar-refractivity contribution in [1.29, 1.82) is 0 Å². The molecule has 0 aliphatic carbocycles. The Kier molecular flexibility index (Phi) is 3.04. The average Bonchev–Trinajstić information content (AvgIpc) is 2.76. The lowest BCUT2D eigenvalue weighted by Gasteiger charge is -2.14. The molecule has 1 saturated heterocycles. The molecule has 17 heavy (non-hydrogen) atoms. The monoisotopic (exact) mass is 245 g/mol. The first-order valence-electron chi connectivity index (χ1n) is 5.93. The minimum absolute atomic E-state index is 0.146. The van der Waals surface area contributed by atoms with Crippen molar-refractivity contribution in [3.63, 3.8) is 0 Å². The van der Waals surface area contributed by atoms with Crippen LogP contribution in [0.15, 0.2) is 36.5 Å². The zero-order chi connectivity index (χ0) is 11.7. The molecule has 88 valence electrons. The van der Waals surface area contributed by atoms with Gasteiger partial charge in [-0.2, -0.15) is 11.8 Å². The highest BCUT2D eigenvalue weighted by Gasteiger charge is 2.26. The maximum atomic E-state index is 9.89. The Morgan fingerprint density at radius 2 is 2.12 bits per heavy atom. The fraction of sp³-hybridized carbons (Fsp3) is 0.357. The number of fused-ring (bicyclic) bond motifs is 1. The summed E-state index contributed by atoms with van der Waals surface area (Å²) in [5, 5.41) is 11.1. The number of hydrogen-bond donors (Lipinski definition) is 1. The SMILES string of the molecule is OC1CSCC1Cc1ccnc2ccccc12. The fourth-order valence-electron chi connectivity index (χ4n) is 2.40. The van der Waals surface area contributed by atoms with Crippen LogP contribution in [-0.2, 0) is 6.42 Å².